The fourth-order valence-electron chi connectivity index (χ4n) is 5.20. The van der Waals surface area contributed by atoms with Crippen molar-refractivity contribution in [3.8, 4) is 11.4 Å². The second-order valence-corrected chi connectivity index (χ2v) is 8.31. The summed E-state index contributed by atoms with van der Waals surface area (Å²) in [6, 6.07) is 27.2. The molecule has 0 fully saturated rings. The van der Waals surface area contributed by atoms with Gasteiger partial charge in [-0.3, -0.25) is 0 Å². The monoisotopic (exact) mass is 440 g/mol. The van der Waals surface area contributed by atoms with E-state index in [0.717, 1.165) is 55.2 Å². The second-order valence-electron chi connectivity index (χ2n) is 8.31. The van der Waals surface area contributed by atoms with Gasteiger partial charge in [0.25, 0.3) is 0 Å². The summed E-state index contributed by atoms with van der Waals surface area (Å²) in [5, 5.41) is 11.6. The Morgan fingerprint density at radius 3 is 2.50 bits per heavy atom. The van der Waals surface area contributed by atoms with E-state index in [1.807, 2.05) is 27.5 Å². The minimum Gasteiger partial charge on any atom is -0.441 e. The Morgan fingerprint density at radius 2 is 1.56 bits per heavy atom. The van der Waals surface area contributed by atoms with Gasteiger partial charge in [0.05, 0.1) is 29.1 Å². The number of rotatable bonds is 2. The lowest BCUT2D eigenvalue weighted by molar-refractivity contribution is 0.603. The molecule has 8 aromatic rings. The maximum atomic E-state index is 5.76. The lowest BCUT2D eigenvalue weighted by Gasteiger charge is -2.09. The number of nitrogens with zero attached hydrogens (tertiary/aromatic N) is 6. The molecule has 0 aliphatic carbocycles. The highest BCUT2D eigenvalue weighted by atomic mass is 16.3. The normalized spacial score (nSPS) is 12.1. The standard InChI is InChI=1S/C27H16N6O/c1-2-7-17(8-3-1)31-19-10-5-4-9-18(19)24-20(31)11-6-12-21(24)33-26-23(15-30-33)32-22(13-14-29-32)27-25(26)28-16-34-27/h1-16H. The third-order valence-corrected chi connectivity index (χ3v) is 6.56. The zero-order valence-electron chi connectivity index (χ0n) is 17.8. The van der Waals surface area contributed by atoms with Crippen molar-refractivity contribution in [2.75, 3.05) is 0 Å². The van der Waals surface area contributed by atoms with Gasteiger partial charge in [0.2, 0.25) is 0 Å². The molecular weight excluding hydrogens is 424 g/mol. The molecule has 34 heavy (non-hydrogen) atoms. The molecule has 0 amide bonds. The number of oxazole rings is 1. The van der Waals surface area contributed by atoms with Gasteiger partial charge in [0.1, 0.15) is 22.1 Å². The molecule has 0 bridgehead atoms. The molecule has 7 heteroatoms. The van der Waals surface area contributed by atoms with Crippen molar-refractivity contribution in [3.63, 3.8) is 0 Å². The fraction of sp³-hybridized carbons (Fsp3) is 0. The third-order valence-electron chi connectivity index (χ3n) is 6.56. The predicted octanol–water partition coefficient (Wildman–Crippen LogP) is 5.91. The van der Waals surface area contributed by atoms with Crippen LogP contribution in [0, 0.1) is 0 Å². The van der Waals surface area contributed by atoms with E-state index in [4.69, 9.17) is 9.52 Å². The van der Waals surface area contributed by atoms with Gasteiger partial charge in [-0.05, 0) is 36.4 Å². The first-order chi connectivity index (χ1) is 16.9. The molecule has 0 radical (unpaired) electrons. The highest BCUT2D eigenvalue weighted by Crippen LogP contribution is 2.37. The number of fused-ring (bicyclic) bond motifs is 9. The third kappa shape index (κ3) is 2.13. The first kappa shape index (κ1) is 17.6. The van der Waals surface area contributed by atoms with Crippen molar-refractivity contribution in [2.24, 2.45) is 0 Å². The molecule has 0 aliphatic rings. The number of hydrogen-bond donors (Lipinski definition) is 0. The summed E-state index contributed by atoms with van der Waals surface area (Å²) >= 11 is 0. The van der Waals surface area contributed by atoms with Crippen molar-refractivity contribution in [2.45, 2.75) is 0 Å². The van der Waals surface area contributed by atoms with Gasteiger partial charge in [-0.2, -0.15) is 10.2 Å². The number of hydrogen-bond acceptors (Lipinski definition) is 4. The zero-order chi connectivity index (χ0) is 22.2. The molecule has 0 spiro atoms. The summed E-state index contributed by atoms with van der Waals surface area (Å²) in [6.07, 6.45) is 5.09. The summed E-state index contributed by atoms with van der Waals surface area (Å²) in [5.74, 6) is 0. The molecule has 160 valence electrons. The number of pyridine rings is 1. The number of benzene rings is 3. The Labute approximate surface area is 192 Å². The molecule has 8 rings (SSSR count). The lowest BCUT2D eigenvalue weighted by Crippen LogP contribution is -1.99. The SMILES string of the molecule is c1ccc(-n2c3ccccc3c3c(-n4ncc5c4c4ncoc4c4ccnn45)cccc32)cc1. The summed E-state index contributed by atoms with van der Waals surface area (Å²) in [6.45, 7) is 0. The quantitative estimate of drug-likeness (QED) is 0.335. The van der Waals surface area contributed by atoms with E-state index in [0.29, 0.717) is 5.58 Å². The average Bonchev–Trinajstić information content (AvgIpc) is 3.67. The molecular formula is C27H16N6O. The minimum atomic E-state index is 0.700. The van der Waals surface area contributed by atoms with Crippen LogP contribution in [0.15, 0.2) is 102 Å². The Balaban J connectivity index is 1.56. The molecule has 0 aliphatic heterocycles. The Bertz CT molecular complexity index is 1990. The number of para-hydroxylation sites is 2. The van der Waals surface area contributed by atoms with Gasteiger partial charge >= 0.3 is 0 Å². The zero-order valence-corrected chi connectivity index (χ0v) is 17.8. The van der Waals surface area contributed by atoms with Crippen LogP contribution >= 0.6 is 0 Å². The van der Waals surface area contributed by atoms with Crippen LogP contribution in [0.1, 0.15) is 0 Å². The predicted molar refractivity (Wildman–Crippen MR) is 132 cm³/mol. The van der Waals surface area contributed by atoms with Crippen LogP contribution in [0.25, 0.3) is 60.8 Å². The highest BCUT2D eigenvalue weighted by molar-refractivity contribution is 6.14. The first-order valence-electron chi connectivity index (χ1n) is 11.0. The van der Waals surface area contributed by atoms with Gasteiger partial charge in [-0.1, -0.05) is 42.5 Å². The molecule has 5 heterocycles. The summed E-state index contributed by atoms with van der Waals surface area (Å²) in [7, 11) is 0. The van der Waals surface area contributed by atoms with Crippen LogP contribution in [-0.4, -0.2) is 28.9 Å². The average molecular weight is 440 g/mol. The van der Waals surface area contributed by atoms with Crippen LogP contribution in [0.5, 0.6) is 0 Å². The Kier molecular flexibility index (Phi) is 3.28. The van der Waals surface area contributed by atoms with E-state index in [1.54, 1.807) is 6.20 Å². The van der Waals surface area contributed by atoms with Crippen molar-refractivity contribution in [3.05, 3.63) is 97.7 Å². The van der Waals surface area contributed by atoms with E-state index in [-0.39, 0.29) is 0 Å². The summed E-state index contributed by atoms with van der Waals surface area (Å²) in [5.41, 5.74) is 8.45. The molecule has 7 nitrogen and oxygen atoms in total. The van der Waals surface area contributed by atoms with Crippen LogP contribution < -0.4 is 0 Å². The van der Waals surface area contributed by atoms with Crippen molar-refractivity contribution in [1.82, 2.24) is 28.9 Å². The van der Waals surface area contributed by atoms with Crippen LogP contribution in [0.3, 0.4) is 0 Å². The Hall–Kier alpha value is -4.91. The largest absolute Gasteiger partial charge is 0.441 e. The molecule has 5 aromatic heterocycles. The maximum Gasteiger partial charge on any atom is 0.182 e. The van der Waals surface area contributed by atoms with Gasteiger partial charge in [0, 0.05) is 16.5 Å². The lowest BCUT2D eigenvalue weighted by atomic mass is 10.1. The van der Waals surface area contributed by atoms with Crippen LogP contribution in [0.4, 0.5) is 0 Å². The van der Waals surface area contributed by atoms with Crippen molar-refractivity contribution >= 4 is 49.5 Å². The molecule has 0 atom stereocenters. The molecule has 3 aromatic carbocycles. The van der Waals surface area contributed by atoms with E-state index in [1.165, 1.54) is 6.39 Å². The number of aromatic nitrogens is 6. The van der Waals surface area contributed by atoms with Gasteiger partial charge < -0.3 is 8.98 Å². The molecule has 0 saturated carbocycles. The fourth-order valence-corrected chi connectivity index (χ4v) is 5.20. The smallest absolute Gasteiger partial charge is 0.182 e. The van der Waals surface area contributed by atoms with Crippen LogP contribution in [-0.2, 0) is 0 Å². The maximum absolute atomic E-state index is 5.76. The van der Waals surface area contributed by atoms with Gasteiger partial charge in [0.15, 0.2) is 12.0 Å². The van der Waals surface area contributed by atoms with Crippen molar-refractivity contribution < 1.29 is 4.42 Å². The van der Waals surface area contributed by atoms with E-state index in [2.05, 4.69) is 81.4 Å². The molecule has 0 saturated heterocycles. The van der Waals surface area contributed by atoms with Crippen molar-refractivity contribution in [1.29, 1.82) is 0 Å². The Morgan fingerprint density at radius 1 is 0.706 bits per heavy atom. The second kappa shape index (κ2) is 6.32. The molecule has 0 unspecified atom stereocenters. The first-order valence-corrected chi connectivity index (χ1v) is 11.0. The summed E-state index contributed by atoms with van der Waals surface area (Å²) < 4.78 is 11.9. The highest BCUT2D eigenvalue weighted by Gasteiger charge is 2.21. The van der Waals surface area contributed by atoms with E-state index < -0.39 is 0 Å². The van der Waals surface area contributed by atoms with Gasteiger partial charge in [-0.25, -0.2) is 14.2 Å². The van der Waals surface area contributed by atoms with Gasteiger partial charge in [-0.15, -0.1) is 0 Å². The van der Waals surface area contributed by atoms with E-state index >= 15 is 0 Å². The summed E-state index contributed by atoms with van der Waals surface area (Å²) in [4.78, 5) is 4.56. The minimum absolute atomic E-state index is 0.700. The topological polar surface area (TPSA) is 66.1 Å². The van der Waals surface area contributed by atoms with E-state index in [9.17, 15) is 0 Å². The molecule has 0 N–H and O–H groups in total. The van der Waals surface area contributed by atoms with Crippen LogP contribution in [0.2, 0.25) is 0 Å².